The smallest absolute Gasteiger partial charge is 0.220 e. The zero-order valence-electron chi connectivity index (χ0n) is 23.9. The third kappa shape index (κ3) is 6.55. The maximum absolute atomic E-state index is 13.5. The Morgan fingerprint density at radius 2 is 1.90 bits per heavy atom. The summed E-state index contributed by atoms with van der Waals surface area (Å²) in [7, 11) is 6.01. The van der Waals surface area contributed by atoms with Crippen molar-refractivity contribution >= 4 is 22.4 Å². The van der Waals surface area contributed by atoms with Gasteiger partial charge in [-0.25, -0.2) is 14.4 Å². The van der Waals surface area contributed by atoms with E-state index in [4.69, 9.17) is 4.98 Å². The Labute approximate surface area is 240 Å². The van der Waals surface area contributed by atoms with Crippen LogP contribution in [0.5, 0.6) is 0 Å². The minimum atomic E-state index is -0.328. The Kier molecular flexibility index (Phi) is 9.63. The molecule has 0 bridgehead atoms. The number of aliphatic imine (C=N–C) groups is 1. The first-order valence-corrected chi connectivity index (χ1v) is 14.4. The number of hydrogen-bond acceptors (Lipinski definition) is 9. The molecule has 10 nitrogen and oxygen atoms in total. The Hall–Kier alpha value is -3.66. The van der Waals surface area contributed by atoms with Gasteiger partial charge in [-0.3, -0.25) is 10.4 Å². The third-order valence-electron chi connectivity index (χ3n) is 6.95. The number of thiazole rings is 1. The van der Waals surface area contributed by atoms with Crippen molar-refractivity contribution in [1.82, 2.24) is 35.9 Å². The molecule has 12 heteroatoms. The number of halogens is 1. The molecule has 0 saturated carbocycles. The summed E-state index contributed by atoms with van der Waals surface area (Å²) in [6.07, 6.45) is 2.27. The van der Waals surface area contributed by atoms with Gasteiger partial charge in [-0.1, -0.05) is 24.8 Å². The van der Waals surface area contributed by atoms with Gasteiger partial charge in [0.15, 0.2) is 5.13 Å². The molecule has 2 saturated heterocycles. The van der Waals surface area contributed by atoms with E-state index in [1.54, 1.807) is 18.3 Å². The maximum Gasteiger partial charge on any atom is 0.220 e. The van der Waals surface area contributed by atoms with E-state index in [0.717, 1.165) is 43.7 Å². The van der Waals surface area contributed by atoms with Crippen molar-refractivity contribution < 1.29 is 4.39 Å². The molecular formula is C28H39FN10S. The van der Waals surface area contributed by atoms with Gasteiger partial charge >= 0.3 is 0 Å². The Morgan fingerprint density at radius 3 is 2.48 bits per heavy atom. The molecule has 2 aliphatic rings. The predicted octanol–water partition coefficient (Wildman–Crippen LogP) is 2.97. The molecule has 0 spiro atoms. The van der Waals surface area contributed by atoms with Crippen molar-refractivity contribution in [3.63, 3.8) is 0 Å². The first-order valence-electron chi connectivity index (χ1n) is 13.5. The summed E-state index contributed by atoms with van der Waals surface area (Å²) >= 11 is 1.30. The van der Waals surface area contributed by atoms with Crippen LogP contribution in [0.2, 0.25) is 0 Å². The fourth-order valence-electron chi connectivity index (χ4n) is 4.92. The molecule has 0 radical (unpaired) electrons. The second-order valence-electron chi connectivity index (χ2n) is 10.0. The monoisotopic (exact) mass is 566 g/mol. The zero-order chi connectivity index (χ0) is 28.8. The second kappa shape index (κ2) is 13.1. The number of guanidine groups is 1. The molecule has 40 heavy (non-hydrogen) atoms. The molecule has 3 heterocycles. The van der Waals surface area contributed by atoms with E-state index in [9.17, 15) is 9.65 Å². The number of hydrogen-bond donors (Lipinski definition) is 3. The highest BCUT2D eigenvalue weighted by Gasteiger charge is 2.35. The summed E-state index contributed by atoms with van der Waals surface area (Å²) in [6.45, 7) is 12.6. The van der Waals surface area contributed by atoms with Crippen LogP contribution in [-0.2, 0) is 0 Å². The molecule has 0 aliphatic carbocycles. The van der Waals surface area contributed by atoms with E-state index < -0.39 is 0 Å². The molecule has 2 aromatic rings. The number of likely N-dealkylation sites (N-methyl/N-ethyl adjacent to an activating group) is 1. The second-order valence-corrected chi connectivity index (χ2v) is 11.0. The number of allylic oxidation sites excluding steroid dienone is 1. The number of nitrogens with zero attached hydrogens (tertiary/aromatic N) is 7. The van der Waals surface area contributed by atoms with Gasteiger partial charge in [0.05, 0.1) is 5.70 Å². The number of rotatable bonds is 11. The van der Waals surface area contributed by atoms with Crippen molar-refractivity contribution in [2.75, 3.05) is 58.8 Å². The highest BCUT2D eigenvalue weighted by molar-refractivity contribution is 7.16. The minimum absolute atomic E-state index is 0.328. The van der Waals surface area contributed by atoms with E-state index in [1.165, 1.54) is 23.5 Å². The van der Waals surface area contributed by atoms with Crippen LogP contribution in [0.25, 0.3) is 11.3 Å². The van der Waals surface area contributed by atoms with Gasteiger partial charge in [-0.05, 0) is 44.7 Å². The lowest BCUT2D eigenvalue weighted by atomic mass is 10.0. The highest BCUT2D eigenvalue weighted by Crippen LogP contribution is 2.33. The third-order valence-corrected chi connectivity index (χ3v) is 7.99. The van der Waals surface area contributed by atoms with Crippen LogP contribution in [0.15, 0.2) is 53.6 Å². The summed E-state index contributed by atoms with van der Waals surface area (Å²) in [5.41, 5.74) is 5.71. The lowest BCUT2D eigenvalue weighted by Crippen LogP contribution is -2.68. The lowest BCUT2D eigenvalue weighted by molar-refractivity contribution is 0.108. The molecule has 3 N–H and O–H groups in total. The fourth-order valence-corrected chi connectivity index (χ4v) is 5.77. The van der Waals surface area contributed by atoms with Crippen molar-refractivity contribution in [2.24, 2.45) is 4.99 Å². The molecule has 214 valence electrons. The number of hydrazine groups is 1. The van der Waals surface area contributed by atoms with Crippen LogP contribution in [0.3, 0.4) is 0 Å². The van der Waals surface area contributed by atoms with Crippen molar-refractivity contribution in [2.45, 2.75) is 32.4 Å². The van der Waals surface area contributed by atoms with Crippen molar-refractivity contribution in [3.05, 3.63) is 59.3 Å². The quantitative estimate of drug-likeness (QED) is 0.215. The number of aromatic nitrogens is 1. The van der Waals surface area contributed by atoms with Crippen LogP contribution in [0.4, 0.5) is 9.52 Å². The zero-order valence-corrected chi connectivity index (χ0v) is 24.7. The molecule has 4 rings (SSSR count). The summed E-state index contributed by atoms with van der Waals surface area (Å²) < 4.78 is 13.5. The molecular weight excluding hydrogens is 527 g/mol. The van der Waals surface area contributed by atoms with Gasteiger partial charge in [0.1, 0.15) is 28.3 Å². The van der Waals surface area contributed by atoms with E-state index in [-0.39, 0.29) is 5.82 Å². The van der Waals surface area contributed by atoms with Gasteiger partial charge < -0.3 is 25.3 Å². The van der Waals surface area contributed by atoms with Gasteiger partial charge in [-0.15, -0.1) is 0 Å². The van der Waals surface area contributed by atoms with Gasteiger partial charge in [0, 0.05) is 70.7 Å². The number of nitrogens with one attached hydrogen (secondary N) is 3. The normalized spacial score (nSPS) is 16.9. The molecule has 0 amide bonds. The van der Waals surface area contributed by atoms with Crippen LogP contribution in [0.1, 0.15) is 25.1 Å². The Balaban J connectivity index is 1.52. The molecule has 1 aromatic carbocycles. The molecule has 0 atom stereocenters. The number of likely N-dealkylation sites (tertiary alicyclic amines) is 2. The number of anilines is 1. The Bertz CT molecular complexity index is 1270. The summed E-state index contributed by atoms with van der Waals surface area (Å²) in [5.74, 6) is 1.31. The summed E-state index contributed by atoms with van der Waals surface area (Å²) in [6, 6.07) is 9.30. The highest BCUT2D eigenvalue weighted by atomic mass is 32.1. The average Bonchev–Trinajstić information content (AvgIpc) is 3.34. The first kappa shape index (κ1) is 29.3. The van der Waals surface area contributed by atoms with Gasteiger partial charge in [0.2, 0.25) is 5.96 Å². The topological polar surface area (TPSA) is 98.1 Å². The SMILES string of the molecule is C=C/N=C(/N1CC(NC2CN(C)C2)C1)N(C)N/C(CC)=C(\NCC)N(C)c1nc(-c2ccc(F)cc2)c(C#N)s1. The summed E-state index contributed by atoms with van der Waals surface area (Å²) in [5, 5.41) is 19.5. The standard InChI is InChI=1S/C28H39FN10S/c1-7-23(35-38(6)27(32-9-3)39-17-22(18-39)33-21-15-36(4)16-21)26(31-8-2)37(5)28-34-25(24(14-30)40-28)19-10-12-20(29)13-11-19/h9-13,21-22,31,33,35H,3,7-8,15-18H2,1-2,4-6H3/b26-23+,32-27+. The number of benzene rings is 1. The van der Waals surface area contributed by atoms with Crippen LogP contribution in [0, 0.1) is 17.1 Å². The molecule has 1 aromatic heterocycles. The fraction of sp³-hybridized carbons (Fsp3) is 0.464. The lowest BCUT2D eigenvalue weighted by Gasteiger charge is -2.47. The largest absolute Gasteiger partial charge is 0.370 e. The Morgan fingerprint density at radius 1 is 1.23 bits per heavy atom. The average molecular weight is 567 g/mol. The van der Waals surface area contributed by atoms with E-state index in [2.05, 4.69) is 57.5 Å². The predicted molar refractivity (Wildman–Crippen MR) is 160 cm³/mol. The van der Waals surface area contributed by atoms with E-state index >= 15 is 0 Å². The van der Waals surface area contributed by atoms with Crippen molar-refractivity contribution in [1.29, 1.82) is 5.26 Å². The molecule has 2 fully saturated rings. The molecule has 2 aliphatic heterocycles. The number of nitriles is 1. The van der Waals surface area contributed by atoms with Crippen molar-refractivity contribution in [3.8, 4) is 17.3 Å². The van der Waals surface area contributed by atoms with Crippen LogP contribution in [-0.4, -0.2) is 91.7 Å². The maximum atomic E-state index is 13.5. The summed E-state index contributed by atoms with van der Waals surface area (Å²) in [4.78, 5) is 16.3. The molecule has 0 unspecified atom stereocenters. The van der Waals surface area contributed by atoms with Gasteiger partial charge in [0.25, 0.3) is 0 Å². The van der Waals surface area contributed by atoms with E-state index in [0.29, 0.717) is 46.3 Å². The van der Waals surface area contributed by atoms with Crippen LogP contribution < -0.4 is 21.0 Å². The van der Waals surface area contributed by atoms with Crippen LogP contribution >= 0.6 is 11.3 Å². The van der Waals surface area contributed by atoms with E-state index in [1.807, 2.05) is 30.9 Å². The first-order chi connectivity index (χ1) is 19.3. The minimum Gasteiger partial charge on any atom is -0.370 e. The van der Waals surface area contributed by atoms with Gasteiger partial charge in [-0.2, -0.15) is 5.26 Å².